The largest absolute Gasteiger partial charge is 0.468 e. The maximum atomic E-state index is 11.7. The van der Waals surface area contributed by atoms with Gasteiger partial charge in [0.15, 0.2) is 0 Å². The summed E-state index contributed by atoms with van der Waals surface area (Å²) >= 11 is 0. The number of fused-ring (bicyclic) bond motifs is 2. The highest BCUT2D eigenvalue weighted by atomic mass is 16.5. The quantitative estimate of drug-likeness (QED) is 0.548. The molecule has 0 radical (unpaired) electrons. The highest BCUT2D eigenvalue weighted by molar-refractivity contribution is 5.89. The van der Waals surface area contributed by atoms with E-state index in [0.29, 0.717) is 6.54 Å². The van der Waals surface area contributed by atoms with E-state index >= 15 is 0 Å². The van der Waals surface area contributed by atoms with Crippen LogP contribution in [0.5, 0.6) is 0 Å². The highest BCUT2D eigenvalue weighted by Gasteiger charge is 2.47. The van der Waals surface area contributed by atoms with Gasteiger partial charge in [0.1, 0.15) is 6.04 Å². The van der Waals surface area contributed by atoms with Crippen molar-refractivity contribution in [2.45, 2.75) is 18.5 Å². The summed E-state index contributed by atoms with van der Waals surface area (Å²) in [7, 11) is 3.11. The number of amides is 1. The van der Waals surface area contributed by atoms with Crippen molar-refractivity contribution in [1.29, 1.82) is 0 Å². The monoisotopic (exact) mass is 198 g/mol. The molecule has 2 aliphatic heterocycles. The SMILES string of the molecule is COC(=O)[C@@H]1N[C@@H]2C[C@H]1C(=O)N(C)C2. The van der Waals surface area contributed by atoms with Crippen molar-refractivity contribution >= 4 is 11.9 Å². The van der Waals surface area contributed by atoms with Crippen LogP contribution in [0.15, 0.2) is 0 Å². The van der Waals surface area contributed by atoms with Crippen molar-refractivity contribution in [3.63, 3.8) is 0 Å². The highest BCUT2D eigenvalue weighted by Crippen LogP contribution is 2.28. The second-order valence-corrected chi connectivity index (χ2v) is 3.93. The lowest BCUT2D eigenvalue weighted by Gasteiger charge is -2.27. The Morgan fingerprint density at radius 2 is 2.36 bits per heavy atom. The van der Waals surface area contributed by atoms with Crippen LogP contribution in [0, 0.1) is 5.92 Å². The summed E-state index contributed by atoms with van der Waals surface area (Å²) in [5, 5.41) is 3.13. The lowest BCUT2D eigenvalue weighted by Crippen LogP contribution is -2.43. The van der Waals surface area contributed by atoms with Crippen molar-refractivity contribution in [2.24, 2.45) is 5.92 Å². The number of ether oxygens (including phenoxy) is 1. The molecule has 2 fully saturated rings. The first kappa shape index (κ1) is 9.45. The Labute approximate surface area is 82.4 Å². The first-order chi connectivity index (χ1) is 6.63. The van der Waals surface area contributed by atoms with E-state index in [-0.39, 0.29) is 23.8 Å². The van der Waals surface area contributed by atoms with E-state index in [0.717, 1.165) is 6.42 Å². The minimum Gasteiger partial charge on any atom is -0.468 e. The van der Waals surface area contributed by atoms with Crippen LogP contribution < -0.4 is 5.32 Å². The summed E-state index contributed by atoms with van der Waals surface area (Å²) in [6.45, 7) is 0.683. The molecule has 2 rings (SSSR count). The average Bonchev–Trinajstić information content (AvgIpc) is 2.54. The minimum absolute atomic E-state index is 0.0432. The molecule has 14 heavy (non-hydrogen) atoms. The third-order valence-corrected chi connectivity index (χ3v) is 3.00. The predicted molar refractivity (Wildman–Crippen MR) is 48.5 cm³/mol. The second kappa shape index (κ2) is 3.24. The number of piperidine rings is 1. The van der Waals surface area contributed by atoms with E-state index in [4.69, 9.17) is 0 Å². The van der Waals surface area contributed by atoms with Gasteiger partial charge in [0.2, 0.25) is 5.91 Å². The van der Waals surface area contributed by atoms with Crippen LogP contribution >= 0.6 is 0 Å². The zero-order valence-corrected chi connectivity index (χ0v) is 8.32. The summed E-state index contributed by atoms with van der Waals surface area (Å²) < 4.78 is 4.65. The molecule has 0 aromatic rings. The molecular formula is C9H14N2O3. The number of likely N-dealkylation sites (N-methyl/N-ethyl adjacent to an activating group) is 1. The maximum absolute atomic E-state index is 11.7. The Morgan fingerprint density at radius 1 is 1.64 bits per heavy atom. The van der Waals surface area contributed by atoms with Crippen molar-refractivity contribution in [3.8, 4) is 0 Å². The van der Waals surface area contributed by atoms with Crippen molar-refractivity contribution in [2.75, 3.05) is 20.7 Å². The molecule has 2 saturated heterocycles. The number of hydrogen-bond donors (Lipinski definition) is 1. The molecule has 2 aliphatic rings. The molecule has 0 aliphatic carbocycles. The number of rotatable bonds is 1. The smallest absolute Gasteiger partial charge is 0.323 e. The van der Waals surface area contributed by atoms with E-state index in [1.165, 1.54) is 7.11 Å². The third kappa shape index (κ3) is 1.28. The zero-order valence-electron chi connectivity index (χ0n) is 8.32. The van der Waals surface area contributed by atoms with Gasteiger partial charge in [-0.05, 0) is 6.42 Å². The first-order valence-corrected chi connectivity index (χ1v) is 4.72. The summed E-state index contributed by atoms with van der Waals surface area (Å²) in [5.74, 6) is -0.519. The number of likely N-dealkylation sites (tertiary alicyclic amines) is 1. The van der Waals surface area contributed by atoms with Gasteiger partial charge in [-0.2, -0.15) is 0 Å². The molecule has 5 nitrogen and oxygen atoms in total. The number of esters is 1. The number of hydrogen-bond acceptors (Lipinski definition) is 4. The molecule has 0 aromatic carbocycles. The summed E-state index contributed by atoms with van der Waals surface area (Å²) in [4.78, 5) is 24.7. The van der Waals surface area contributed by atoms with E-state index in [1.807, 2.05) is 0 Å². The molecule has 5 heteroatoms. The summed E-state index contributed by atoms with van der Waals surface area (Å²) in [6.07, 6.45) is 0.753. The fraction of sp³-hybridized carbons (Fsp3) is 0.778. The van der Waals surface area contributed by atoms with Gasteiger partial charge in [0, 0.05) is 19.6 Å². The Bertz CT molecular complexity index is 279. The molecule has 0 saturated carbocycles. The van der Waals surface area contributed by atoms with Crippen molar-refractivity contribution < 1.29 is 14.3 Å². The van der Waals surface area contributed by atoms with Gasteiger partial charge in [-0.3, -0.25) is 14.9 Å². The molecule has 2 bridgehead atoms. The van der Waals surface area contributed by atoms with Gasteiger partial charge in [-0.15, -0.1) is 0 Å². The number of carbonyl (C=O) groups excluding carboxylic acids is 2. The Kier molecular flexibility index (Phi) is 2.19. The normalized spacial score (nSPS) is 36.0. The van der Waals surface area contributed by atoms with Gasteiger partial charge in [-0.1, -0.05) is 0 Å². The van der Waals surface area contributed by atoms with Gasteiger partial charge in [0.05, 0.1) is 13.0 Å². The number of nitrogens with one attached hydrogen (secondary N) is 1. The molecule has 1 N–H and O–H groups in total. The molecule has 2 heterocycles. The van der Waals surface area contributed by atoms with E-state index in [2.05, 4.69) is 10.1 Å². The van der Waals surface area contributed by atoms with Gasteiger partial charge < -0.3 is 9.64 Å². The fourth-order valence-electron chi connectivity index (χ4n) is 2.31. The second-order valence-electron chi connectivity index (χ2n) is 3.93. The number of methoxy groups -OCH3 is 1. The summed E-state index contributed by atoms with van der Waals surface area (Å²) in [6, 6.07) is -0.200. The van der Waals surface area contributed by atoms with Crippen molar-refractivity contribution in [1.82, 2.24) is 10.2 Å². The Hall–Kier alpha value is -1.10. The zero-order chi connectivity index (χ0) is 10.3. The molecule has 78 valence electrons. The predicted octanol–water partition coefficient (Wildman–Crippen LogP) is -1.02. The molecule has 0 aromatic heterocycles. The van der Waals surface area contributed by atoms with Crippen LogP contribution in [0.25, 0.3) is 0 Å². The van der Waals surface area contributed by atoms with Crippen LogP contribution in [0.2, 0.25) is 0 Å². The molecule has 0 unspecified atom stereocenters. The molecule has 1 amide bonds. The van der Waals surface area contributed by atoms with Crippen LogP contribution in [0.4, 0.5) is 0 Å². The van der Waals surface area contributed by atoms with Crippen LogP contribution in [-0.4, -0.2) is 49.6 Å². The van der Waals surface area contributed by atoms with Gasteiger partial charge in [-0.25, -0.2) is 0 Å². The fourth-order valence-corrected chi connectivity index (χ4v) is 2.31. The molecule has 0 spiro atoms. The number of nitrogens with zero attached hydrogens (tertiary/aromatic N) is 1. The average molecular weight is 198 g/mol. The van der Waals surface area contributed by atoms with Crippen LogP contribution in [0.3, 0.4) is 0 Å². The molecular weight excluding hydrogens is 184 g/mol. The van der Waals surface area contributed by atoms with Gasteiger partial charge >= 0.3 is 5.97 Å². The maximum Gasteiger partial charge on any atom is 0.323 e. The number of carbonyl (C=O) groups is 2. The lowest BCUT2D eigenvalue weighted by molar-refractivity contribution is -0.147. The van der Waals surface area contributed by atoms with E-state index in [1.54, 1.807) is 11.9 Å². The van der Waals surface area contributed by atoms with E-state index in [9.17, 15) is 9.59 Å². The van der Waals surface area contributed by atoms with Gasteiger partial charge in [0.25, 0.3) is 0 Å². The minimum atomic E-state index is -0.442. The first-order valence-electron chi connectivity index (χ1n) is 4.72. The standard InChI is InChI=1S/C9H14N2O3/c1-11-4-5-3-6(8(11)12)7(10-5)9(13)14-2/h5-7,10H,3-4H2,1-2H3/t5-,6-,7-/m1/s1. The lowest BCUT2D eigenvalue weighted by atomic mass is 9.94. The Morgan fingerprint density at radius 3 is 3.00 bits per heavy atom. The topological polar surface area (TPSA) is 58.6 Å². The van der Waals surface area contributed by atoms with Crippen LogP contribution in [-0.2, 0) is 14.3 Å². The van der Waals surface area contributed by atoms with Crippen LogP contribution in [0.1, 0.15) is 6.42 Å². The van der Waals surface area contributed by atoms with E-state index < -0.39 is 6.04 Å². The third-order valence-electron chi connectivity index (χ3n) is 3.00. The molecule has 3 atom stereocenters. The summed E-state index contributed by atoms with van der Waals surface area (Å²) in [5.41, 5.74) is 0. The van der Waals surface area contributed by atoms with Crippen molar-refractivity contribution in [3.05, 3.63) is 0 Å². The Balaban J connectivity index is 2.17.